The molecule has 2 rings (SSSR count). The van der Waals surface area contributed by atoms with Crippen LogP contribution in [0.1, 0.15) is 43.1 Å². The third kappa shape index (κ3) is 4.24. The van der Waals surface area contributed by atoms with Crippen LogP contribution < -0.4 is 10.1 Å². The van der Waals surface area contributed by atoms with Crippen molar-refractivity contribution in [3.8, 4) is 6.08 Å². The third-order valence-corrected chi connectivity index (χ3v) is 3.07. The van der Waals surface area contributed by atoms with Crippen LogP contribution in [0.5, 0.6) is 6.08 Å². The van der Waals surface area contributed by atoms with E-state index in [2.05, 4.69) is 10.3 Å². The number of oxazole rings is 1. The fourth-order valence-corrected chi connectivity index (χ4v) is 2.08. The second-order valence-corrected chi connectivity index (χ2v) is 4.50. The molecular formula is C13H20N2O4. The minimum absolute atomic E-state index is 0.124. The average molecular weight is 268 g/mol. The van der Waals surface area contributed by atoms with Crippen LogP contribution in [0.4, 0.5) is 0 Å². The van der Waals surface area contributed by atoms with Crippen LogP contribution >= 0.6 is 0 Å². The predicted molar refractivity (Wildman–Crippen MR) is 68.2 cm³/mol. The summed E-state index contributed by atoms with van der Waals surface area (Å²) >= 11 is 0. The first-order valence-electron chi connectivity index (χ1n) is 6.78. The van der Waals surface area contributed by atoms with E-state index in [-0.39, 0.29) is 11.8 Å². The van der Waals surface area contributed by atoms with Crippen molar-refractivity contribution in [2.24, 2.45) is 0 Å². The maximum atomic E-state index is 11.4. The maximum Gasteiger partial charge on any atom is 0.394 e. The van der Waals surface area contributed by atoms with E-state index in [1.165, 1.54) is 25.5 Å². The van der Waals surface area contributed by atoms with Gasteiger partial charge < -0.3 is 19.2 Å². The molecule has 1 aliphatic rings. The van der Waals surface area contributed by atoms with Crippen molar-refractivity contribution in [1.82, 2.24) is 10.3 Å². The molecule has 0 aromatic carbocycles. The van der Waals surface area contributed by atoms with Crippen LogP contribution in [0.25, 0.3) is 0 Å². The normalized spacial score (nSPS) is 19.1. The fraction of sp³-hybridized carbons (Fsp3) is 0.692. The first-order valence-corrected chi connectivity index (χ1v) is 6.78. The Labute approximate surface area is 112 Å². The van der Waals surface area contributed by atoms with E-state index in [9.17, 15) is 4.79 Å². The molecule has 6 nitrogen and oxygen atoms in total. The lowest BCUT2D eigenvalue weighted by molar-refractivity contribution is 0.0519. The number of rotatable bonds is 6. The zero-order chi connectivity index (χ0) is 13.5. The Morgan fingerprint density at radius 1 is 1.58 bits per heavy atom. The van der Waals surface area contributed by atoms with E-state index in [0.717, 1.165) is 13.0 Å². The summed E-state index contributed by atoms with van der Waals surface area (Å²) < 4.78 is 15.3. The van der Waals surface area contributed by atoms with Gasteiger partial charge in [-0.3, -0.25) is 0 Å². The molecule has 106 valence electrons. The maximum absolute atomic E-state index is 11.4. The Kier molecular flexibility index (Phi) is 5.20. The van der Waals surface area contributed by atoms with Gasteiger partial charge >= 0.3 is 12.0 Å². The number of carbonyl (C=O) groups is 1. The first kappa shape index (κ1) is 13.9. The van der Waals surface area contributed by atoms with Crippen molar-refractivity contribution in [3.63, 3.8) is 0 Å². The van der Waals surface area contributed by atoms with Gasteiger partial charge in [0.05, 0.1) is 13.2 Å². The highest BCUT2D eigenvalue weighted by Crippen LogP contribution is 2.14. The second-order valence-electron chi connectivity index (χ2n) is 4.50. The molecule has 1 N–H and O–H groups in total. The van der Waals surface area contributed by atoms with Crippen molar-refractivity contribution in [2.75, 3.05) is 19.8 Å². The molecule has 0 amide bonds. The average Bonchev–Trinajstić information content (AvgIpc) is 2.89. The zero-order valence-electron chi connectivity index (χ0n) is 11.2. The van der Waals surface area contributed by atoms with Crippen LogP contribution in [0.3, 0.4) is 0 Å². The number of aromatic nitrogens is 1. The zero-order valence-corrected chi connectivity index (χ0v) is 11.2. The molecule has 1 aliphatic heterocycles. The van der Waals surface area contributed by atoms with Crippen molar-refractivity contribution in [1.29, 1.82) is 0 Å². The van der Waals surface area contributed by atoms with Crippen LogP contribution in [-0.4, -0.2) is 36.8 Å². The van der Waals surface area contributed by atoms with Gasteiger partial charge in [-0.1, -0.05) is 6.42 Å². The minimum atomic E-state index is -0.491. The summed E-state index contributed by atoms with van der Waals surface area (Å²) in [5, 5.41) is 3.44. The summed E-state index contributed by atoms with van der Waals surface area (Å²) in [6.07, 6.45) is 5.99. The number of ether oxygens (including phenoxy) is 2. The molecule has 1 saturated heterocycles. The molecule has 1 aromatic heterocycles. The standard InChI is InChI=1S/C13H20N2O4/c1-2-17-12(16)11-9-19-13(15-11)18-8-6-10-5-3-4-7-14-10/h9-10,14H,2-8H2,1H3. The van der Waals surface area contributed by atoms with Crippen molar-refractivity contribution in [2.45, 2.75) is 38.6 Å². The van der Waals surface area contributed by atoms with Crippen LogP contribution in [0.15, 0.2) is 10.7 Å². The number of hydrogen-bond donors (Lipinski definition) is 1. The largest absolute Gasteiger partial charge is 0.461 e. The molecule has 1 unspecified atom stereocenters. The number of piperidine rings is 1. The summed E-state index contributed by atoms with van der Waals surface area (Å²) in [6.45, 7) is 3.67. The number of esters is 1. The first-order chi connectivity index (χ1) is 9.29. The SMILES string of the molecule is CCOC(=O)c1coc(OCCC2CCCCN2)n1. The lowest BCUT2D eigenvalue weighted by Gasteiger charge is -2.22. The Morgan fingerprint density at radius 2 is 2.47 bits per heavy atom. The van der Waals surface area contributed by atoms with Gasteiger partial charge in [0.15, 0.2) is 5.69 Å². The molecule has 0 bridgehead atoms. The molecule has 1 fully saturated rings. The summed E-state index contributed by atoms with van der Waals surface area (Å²) in [5.74, 6) is -0.491. The monoisotopic (exact) mass is 268 g/mol. The van der Waals surface area contributed by atoms with E-state index >= 15 is 0 Å². The van der Waals surface area contributed by atoms with E-state index in [0.29, 0.717) is 19.3 Å². The molecule has 1 aromatic rings. The predicted octanol–water partition coefficient (Wildman–Crippen LogP) is 1.76. The van der Waals surface area contributed by atoms with Gasteiger partial charge in [-0.15, -0.1) is 0 Å². The van der Waals surface area contributed by atoms with Gasteiger partial charge in [0.1, 0.15) is 6.26 Å². The summed E-state index contributed by atoms with van der Waals surface area (Å²) in [7, 11) is 0. The van der Waals surface area contributed by atoms with Crippen molar-refractivity contribution in [3.05, 3.63) is 12.0 Å². The van der Waals surface area contributed by atoms with Crippen LogP contribution in [0, 0.1) is 0 Å². The Bertz CT molecular complexity index is 399. The summed E-state index contributed by atoms with van der Waals surface area (Å²) in [5.41, 5.74) is 0.146. The molecule has 6 heteroatoms. The van der Waals surface area contributed by atoms with E-state index < -0.39 is 5.97 Å². The van der Waals surface area contributed by atoms with Gasteiger partial charge in [0.25, 0.3) is 0 Å². The van der Waals surface area contributed by atoms with Gasteiger partial charge in [0.2, 0.25) is 0 Å². The van der Waals surface area contributed by atoms with Crippen molar-refractivity contribution >= 4 is 5.97 Å². The molecule has 1 atom stereocenters. The molecule has 19 heavy (non-hydrogen) atoms. The number of carbonyl (C=O) groups excluding carboxylic acids is 1. The molecule has 0 radical (unpaired) electrons. The molecular weight excluding hydrogens is 248 g/mol. The smallest absolute Gasteiger partial charge is 0.394 e. The Hall–Kier alpha value is -1.56. The van der Waals surface area contributed by atoms with E-state index in [4.69, 9.17) is 13.9 Å². The molecule has 2 heterocycles. The van der Waals surface area contributed by atoms with E-state index in [1.54, 1.807) is 6.92 Å². The Morgan fingerprint density at radius 3 is 3.21 bits per heavy atom. The van der Waals surface area contributed by atoms with Crippen LogP contribution in [0.2, 0.25) is 0 Å². The van der Waals surface area contributed by atoms with Crippen molar-refractivity contribution < 1.29 is 18.7 Å². The van der Waals surface area contributed by atoms with Gasteiger partial charge in [-0.05, 0) is 32.7 Å². The number of nitrogens with one attached hydrogen (secondary N) is 1. The molecule has 0 aliphatic carbocycles. The van der Waals surface area contributed by atoms with E-state index in [1.807, 2.05) is 0 Å². The highest BCUT2D eigenvalue weighted by atomic mass is 16.6. The summed E-state index contributed by atoms with van der Waals surface area (Å²) in [4.78, 5) is 15.3. The number of nitrogens with zero attached hydrogens (tertiary/aromatic N) is 1. The lowest BCUT2D eigenvalue weighted by atomic mass is 10.0. The summed E-state index contributed by atoms with van der Waals surface area (Å²) in [6, 6.07) is 0.508. The topological polar surface area (TPSA) is 73.6 Å². The second kappa shape index (κ2) is 7.13. The lowest BCUT2D eigenvalue weighted by Crippen LogP contribution is -2.35. The Balaban J connectivity index is 1.72. The van der Waals surface area contributed by atoms with Crippen LogP contribution in [-0.2, 0) is 4.74 Å². The highest BCUT2D eigenvalue weighted by Gasteiger charge is 2.15. The number of hydrogen-bond acceptors (Lipinski definition) is 6. The van der Waals surface area contributed by atoms with Gasteiger partial charge in [-0.25, -0.2) is 4.79 Å². The molecule has 0 spiro atoms. The van der Waals surface area contributed by atoms with Gasteiger partial charge in [-0.2, -0.15) is 4.98 Å². The minimum Gasteiger partial charge on any atom is -0.461 e. The highest BCUT2D eigenvalue weighted by molar-refractivity contribution is 5.86. The quantitative estimate of drug-likeness (QED) is 0.792. The van der Waals surface area contributed by atoms with Gasteiger partial charge in [0, 0.05) is 6.04 Å². The fourth-order valence-electron chi connectivity index (χ4n) is 2.08. The molecule has 0 saturated carbocycles. The third-order valence-electron chi connectivity index (χ3n) is 3.07.